The van der Waals surface area contributed by atoms with Crippen molar-refractivity contribution in [3.8, 4) is 0 Å². The third-order valence-corrected chi connectivity index (χ3v) is 3.24. The smallest absolute Gasteiger partial charge is 0.0830 e. The Morgan fingerprint density at radius 2 is 2.20 bits per heavy atom. The molecule has 2 rings (SSSR count). The van der Waals surface area contributed by atoms with Gasteiger partial charge < -0.3 is 5.11 Å². The van der Waals surface area contributed by atoms with Crippen molar-refractivity contribution < 1.29 is 5.11 Å². The largest absolute Gasteiger partial charge is 0.393 e. The summed E-state index contributed by atoms with van der Waals surface area (Å²) in [6, 6.07) is 0. The summed E-state index contributed by atoms with van der Waals surface area (Å²) in [7, 11) is 1.88. The normalized spacial score (nSPS) is 27.6. The minimum Gasteiger partial charge on any atom is -0.393 e. The van der Waals surface area contributed by atoms with E-state index in [1.54, 1.807) is 4.68 Å². The van der Waals surface area contributed by atoms with Crippen LogP contribution < -0.4 is 0 Å². The molecule has 1 aromatic heterocycles. The van der Waals surface area contributed by atoms with E-state index < -0.39 is 0 Å². The molecule has 15 heavy (non-hydrogen) atoms. The van der Waals surface area contributed by atoms with Gasteiger partial charge in [0.15, 0.2) is 0 Å². The standard InChI is InChI=1S/C11H19N3O/c1-14-8-10(12-13-14)7-9-5-3-2-4-6-11(9)15/h8-9,11,15H,2-7H2,1H3. The third-order valence-electron chi connectivity index (χ3n) is 3.24. The molecule has 1 fully saturated rings. The maximum Gasteiger partial charge on any atom is 0.0830 e. The van der Waals surface area contributed by atoms with Crippen molar-refractivity contribution in [2.24, 2.45) is 13.0 Å². The molecule has 84 valence electrons. The van der Waals surface area contributed by atoms with E-state index in [1.807, 2.05) is 13.2 Å². The summed E-state index contributed by atoms with van der Waals surface area (Å²) in [5, 5.41) is 18.0. The fraction of sp³-hybridized carbons (Fsp3) is 0.818. The molecule has 0 aliphatic heterocycles. The molecule has 0 amide bonds. The summed E-state index contributed by atoms with van der Waals surface area (Å²) in [5.74, 6) is 0.379. The van der Waals surface area contributed by atoms with Gasteiger partial charge in [0.25, 0.3) is 0 Å². The topological polar surface area (TPSA) is 50.9 Å². The molecule has 0 aromatic carbocycles. The van der Waals surface area contributed by atoms with Gasteiger partial charge in [-0.15, -0.1) is 5.10 Å². The van der Waals surface area contributed by atoms with E-state index in [-0.39, 0.29) is 6.10 Å². The average Bonchev–Trinajstić information content (AvgIpc) is 2.50. The number of aliphatic hydroxyl groups excluding tert-OH is 1. The van der Waals surface area contributed by atoms with E-state index in [0.717, 1.165) is 31.4 Å². The zero-order valence-corrected chi connectivity index (χ0v) is 9.26. The van der Waals surface area contributed by atoms with Crippen molar-refractivity contribution in [3.63, 3.8) is 0 Å². The summed E-state index contributed by atoms with van der Waals surface area (Å²) >= 11 is 0. The second kappa shape index (κ2) is 4.75. The lowest BCUT2D eigenvalue weighted by atomic mass is 9.93. The summed E-state index contributed by atoms with van der Waals surface area (Å²) in [6.45, 7) is 0. The monoisotopic (exact) mass is 209 g/mol. The maximum atomic E-state index is 9.96. The molecule has 4 heteroatoms. The van der Waals surface area contributed by atoms with Crippen molar-refractivity contribution in [2.45, 2.75) is 44.6 Å². The number of rotatable bonds is 2. The molecule has 0 spiro atoms. The Kier molecular flexibility index (Phi) is 3.36. The lowest BCUT2D eigenvalue weighted by molar-refractivity contribution is 0.100. The molecule has 0 saturated heterocycles. The maximum absolute atomic E-state index is 9.96. The van der Waals surface area contributed by atoms with E-state index in [2.05, 4.69) is 10.3 Å². The Labute approximate surface area is 90.3 Å². The van der Waals surface area contributed by atoms with Gasteiger partial charge in [0.05, 0.1) is 11.8 Å². The van der Waals surface area contributed by atoms with Gasteiger partial charge in [-0.3, -0.25) is 4.68 Å². The SMILES string of the molecule is Cn1cc(CC2CCCCCC2O)nn1. The minimum atomic E-state index is -0.144. The molecular formula is C11H19N3O. The van der Waals surface area contributed by atoms with Crippen LogP contribution in [0.25, 0.3) is 0 Å². The fourth-order valence-electron chi connectivity index (χ4n) is 2.36. The lowest BCUT2D eigenvalue weighted by Crippen LogP contribution is -2.21. The molecule has 1 aromatic rings. The van der Waals surface area contributed by atoms with Crippen molar-refractivity contribution in [1.82, 2.24) is 15.0 Å². The second-order valence-corrected chi connectivity index (χ2v) is 4.55. The lowest BCUT2D eigenvalue weighted by Gasteiger charge is -2.18. The van der Waals surface area contributed by atoms with Gasteiger partial charge in [-0.05, 0) is 25.2 Å². The van der Waals surface area contributed by atoms with E-state index >= 15 is 0 Å². The fourth-order valence-corrected chi connectivity index (χ4v) is 2.36. The van der Waals surface area contributed by atoms with Crippen LogP contribution in [0.15, 0.2) is 6.20 Å². The highest BCUT2D eigenvalue weighted by molar-refractivity contribution is 4.95. The second-order valence-electron chi connectivity index (χ2n) is 4.55. The molecule has 1 saturated carbocycles. The predicted molar refractivity (Wildman–Crippen MR) is 57.3 cm³/mol. The van der Waals surface area contributed by atoms with Crippen molar-refractivity contribution >= 4 is 0 Å². The highest BCUT2D eigenvalue weighted by Crippen LogP contribution is 2.25. The molecule has 4 nitrogen and oxygen atoms in total. The zero-order valence-electron chi connectivity index (χ0n) is 9.26. The first kappa shape index (κ1) is 10.6. The van der Waals surface area contributed by atoms with Crippen LogP contribution in [0.4, 0.5) is 0 Å². The Morgan fingerprint density at radius 3 is 2.93 bits per heavy atom. The molecule has 1 aliphatic rings. The Balaban J connectivity index is 1.97. The molecule has 0 bridgehead atoms. The first-order valence-electron chi connectivity index (χ1n) is 5.79. The predicted octanol–water partition coefficient (Wildman–Crippen LogP) is 1.30. The molecular weight excluding hydrogens is 190 g/mol. The van der Waals surface area contributed by atoms with Gasteiger partial charge in [-0.1, -0.05) is 24.5 Å². The van der Waals surface area contributed by atoms with Gasteiger partial charge in [-0.25, -0.2) is 0 Å². The van der Waals surface area contributed by atoms with Crippen LogP contribution in [0.3, 0.4) is 0 Å². The van der Waals surface area contributed by atoms with E-state index in [0.29, 0.717) is 5.92 Å². The van der Waals surface area contributed by atoms with Crippen molar-refractivity contribution in [1.29, 1.82) is 0 Å². The van der Waals surface area contributed by atoms with Gasteiger partial charge >= 0.3 is 0 Å². The number of aliphatic hydroxyl groups is 1. The Bertz CT molecular complexity index is 311. The van der Waals surface area contributed by atoms with Crippen molar-refractivity contribution in [3.05, 3.63) is 11.9 Å². The van der Waals surface area contributed by atoms with E-state index in [1.165, 1.54) is 12.8 Å². The summed E-state index contributed by atoms with van der Waals surface area (Å²) in [5.41, 5.74) is 1.00. The van der Waals surface area contributed by atoms with Crippen LogP contribution in [0.1, 0.15) is 37.8 Å². The van der Waals surface area contributed by atoms with Crippen LogP contribution in [-0.2, 0) is 13.5 Å². The first-order valence-corrected chi connectivity index (χ1v) is 5.79. The average molecular weight is 209 g/mol. The molecule has 2 atom stereocenters. The molecule has 0 radical (unpaired) electrons. The quantitative estimate of drug-likeness (QED) is 0.747. The van der Waals surface area contributed by atoms with Gasteiger partial charge in [0.2, 0.25) is 0 Å². The Hall–Kier alpha value is -0.900. The Morgan fingerprint density at radius 1 is 1.40 bits per heavy atom. The van der Waals surface area contributed by atoms with Crippen LogP contribution in [-0.4, -0.2) is 26.2 Å². The van der Waals surface area contributed by atoms with Crippen molar-refractivity contribution in [2.75, 3.05) is 0 Å². The van der Waals surface area contributed by atoms with Gasteiger partial charge in [0.1, 0.15) is 0 Å². The number of nitrogens with zero attached hydrogens (tertiary/aromatic N) is 3. The van der Waals surface area contributed by atoms with Crippen LogP contribution in [0.2, 0.25) is 0 Å². The first-order chi connectivity index (χ1) is 7.25. The summed E-state index contributed by atoms with van der Waals surface area (Å²) in [6.07, 6.45) is 8.40. The van der Waals surface area contributed by atoms with Gasteiger partial charge in [-0.2, -0.15) is 0 Å². The van der Waals surface area contributed by atoms with Crippen LogP contribution >= 0.6 is 0 Å². The number of hydrogen-bond acceptors (Lipinski definition) is 3. The highest BCUT2D eigenvalue weighted by atomic mass is 16.3. The molecule has 1 heterocycles. The third kappa shape index (κ3) is 2.78. The molecule has 2 unspecified atom stereocenters. The number of aryl methyl sites for hydroxylation is 1. The summed E-state index contributed by atoms with van der Waals surface area (Å²) in [4.78, 5) is 0. The van der Waals surface area contributed by atoms with Crippen LogP contribution in [0.5, 0.6) is 0 Å². The van der Waals surface area contributed by atoms with E-state index in [9.17, 15) is 5.11 Å². The molecule has 1 N–H and O–H groups in total. The van der Waals surface area contributed by atoms with E-state index in [4.69, 9.17) is 0 Å². The zero-order chi connectivity index (χ0) is 10.7. The summed E-state index contributed by atoms with van der Waals surface area (Å²) < 4.78 is 1.72. The number of hydrogen-bond donors (Lipinski definition) is 1. The van der Waals surface area contributed by atoms with Crippen LogP contribution in [0, 0.1) is 5.92 Å². The minimum absolute atomic E-state index is 0.144. The van der Waals surface area contributed by atoms with Gasteiger partial charge in [0, 0.05) is 13.2 Å². The molecule has 1 aliphatic carbocycles. The highest BCUT2D eigenvalue weighted by Gasteiger charge is 2.22. The number of aromatic nitrogens is 3.